The number of nitro benzene ring substituents is 1. The molecule has 0 unspecified atom stereocenters. The van der Waals surface area contributed by atoms with Crippen LogP contribution in [0.1, 0.15) is 31.8 Å². The summed E-state index contributed by atoms with van der Waals surface area (Å²) in [4.78, 5) is 46.7. The largest absolute Gasteiger partial charge is 0.456 e. The minimum Gasteiger partial charge on any atom is -0.456 e. The molecule has 32 heavy (non-hydrogen) atoms. The third kappa shape index (κ3) is 4.39. The molecular formula is C24H18N2O6. The third-order valence-electron chi connectivity index (χ3n) is 5.20. The average molecular weight is 430 g/mol. The van der Waals surface area contributed by atoms with Crippen molar-refractivity contribution in [2.75, 3.05) is 13.2 Å². The van der Waals surface area contributed by atoms with Crippen molar-refractivity contribution in [3.63, 3.8) is 0 Å². The number of hydrogen-bond donors (Lipinski definition) is 1. The zero-order valence-electron chi connectivity index (χ0n) is 16.9. The van der Waals surface area contributed by atoms with Crippen molar-refractivity contribution < 1.29 is 24.0 Å². The quantitative estimate of drug-likeness (QED) is 0.208. The fraction of sp³-hybridized carbons (Fsp3) is 0.125. The van der Waals surface area contributed by atoms with Crippen molar-refractivity contribution in [3.05, 3.63) is 99.1 Å². The molecule has 0 spiro atoms. The van der Waals surface area contributed by atoms with Crippen molar-refractivity contribution in [1.82, 2.24) is 5.32 Å². The van der Waals surface area contributed by atoms with Crippen LogP contribution < -0.4 is 5.32 Å². The summed E-state index contributed by atoms with van der Waals surface area (Å²) in [7, 11) is 0. The fourth-order valence-corrected chi connectivity index (χ4v) is 3.59. The molecule has 8 nitrogen and oxygen atoms in total. The highest BCUT2D eigenvalue weighted by molar-refractivity contribution is 6.00. The van der Waals surface area contributed by atoms with E-state index in [9.17, 15) is 24.5 Å². The highest BCUT2D eigenvalue weighted by atomic mass is 16.6. The Balaban J connectivity index is 1.31. The molecule has 1 amide bonds. The fourth-order valence-electron chi connectivity index (χ4n) is 3.59. The lowest BCUT2D eigenvalue weighted by Gasteiger charge is -2.08. The minimum atomic E-state index is -0.788. The Morgan fingerprint density at radius 3 is 2.50 bits per heavy atom. The van der Waals surface area contributed by atoms with Crippen LogP contribution in [0.25, 0.3) is 11.1 Å². The van der Waals surface area contributed by atoms with E-state index in [4.69, 9.17) is 4.74 Å². The molecule has 160 valence electrons. The summed E-state index contributed by atoms with van der Waals surface area (Å²) in [5.41, 5.74) is 4.69. The van der Waals surface area contributed by atoms with Gasteiger partial charge in [-0.2, -0.15) is 0 Å². The standard InChI is InChI=1S/C24H18N2O6/c27-22(17-9-8-16-10-15-4-1-2-7-20(15)21(16)12-17)14-32-23(28)13-25-24(29)18-5-3-6-19(11-18)26(30)31/h1-9,11-12H,10,13-14H2,(H,25,29). The summed E-state index contributed by atoms with van der Waals surface area (Å²) in [6, 6.07) is 18.6. The first-order valence-corrected chi connectivity index (χ1v) is 9.85. The van der Waals surface area contributed by atoms with E-state index in [1.165, 1.54) is 23.8 Å². The molecule has 1 N–H and O–H groups in total. The molecule has 0 aromatic heterocycles. The normalized spacial score (nSPS) is 11.2. The zero-order chi connectivity index (χ0) is 22.7. The first kappa shape index (κ1) is 20.9. The van der Waals surface area contributed by atoms with Crippen LogP contribution >= 0.6 is 0 Å². The van der Waals surface area contributed by atoms with E-state index >= 15 is 0 Å². The van der Waals surface area contributed by atoms with Gasteiger partial charge in [0, 0.05) is 23.3 Å². The lowest BCUT2D eigenvalue weighted by atomic mass is 10.0. The summed E-state index contributed by atoms with van der Waals surface area (Å²) in [5, 5.41) is 13.1. The molecule has 0 saturated carbocycles. The maximum absolute atomic E-state index is 12.5. The van der Waals surface area contributed by atoms with Crippen molar-refractivity contribution >= 4 is 23.3 Å². The topological polar surface area (TPSA) is 116 Å². The lowest BCUT2D eigenvalue weighted by molar-refractivity contribution is -0.384. The number of benzene rings is 3. The van der Waals surface area contributed by atoms with Gasteiger partial charge in [-0.05, 0) is 40.8 Å². The lowest BCUT2D eigenvalue weighted by Crippen LogP contribution is -2.31. The number of non-ortho nitro benzene ring substituents is 1. The van der Waals surface area contributed by atoms with Crippen LogP contribution in [0.4, 0.5) is 5.69 Å². The highest BCUT2D eigenvalue weighted by Crippen LogP contribution is 2.36. The first-order valence-electron chi connectivity index (χ1n) is 9.85. The van der Waals surface area contributed by atoms with Gasteiger partial charge >= 0.3 is 5.97 Å². The van der Waals surface area contributed by atoms with Crippen LogP contribution in [0, 0.1) is 10.1 Å². The molecule has 1 aliphatic carbocycles. The first-order chi connectivity index (χ1) is 15.4. The predicted octanol–water partition coefficient (Wildman–Crippen LogP) is 3.32. The van der Waals surface area contributed by atoms with Gasteiger partial charge in [0.25, 0.3) is 11.6 Å². The molecule has 0 radical (unpaired) electrons. The van der Waals surface area contributed by atoms with Crippen LogP contribution in [0.3, 0.4) is 0 Å². The van der Waals surface area contributed by atoms with Crippen molar-refractivity contribution in [1.29, 1.82) is 0 Å². The van der Waals surface area contributed by atoms with Crippen molar-refractivity contribution in [2.45, 2.75) is 6.42 Å². The number of nitrogens with one attached hydrogen (secondary N) is 1. The summed E-state index contributed by atoms with van der Waals surface area (Å²) in [6.45, 7) is -0.918. The highest BCUT2D eigenvalue weighted by Gasteiger charge is 2.20. The Hall–Kier alpha value is -4.33. The van der Waals surface area contributed by atoms with E-state index < -0.39 is 30.0 Å². The van der Waals surface area contributed by atoms with Crippen LogP contribution in [0.15, 0.2) is 66.7 Å². The van der Waals surface area contributed by atoms with E-state index in [0.29, 0.717) is 5.56 Å². The Labute approximate surface area is 183 Å². The number of rotatable bonds is 7. The Morgan fingerprint density at radius 2 is 1.69 bits per heavy atom. The van der Waals surface area contributed by atoms with Crippen LogP contribution in [-0.4, -0.2) is 35.7 Å². The van der Waals surface area contributed by atoms with Gasteiger partial charge in [-0.15, -0.1) is 0 Å². The van der Waals surface area contributed by atoms with E-state index in [1.807, 2.05) is 24.3 Å². The third-order valence-corrected chi connectivity index (χ3v) is 5.20. The van der Waals surface area contributed by atoms with E-state index in [-0.39, 0.29) is 17.0 Å². The number of hydrogen-bond acceptors (Lipinski definition) is 6. The Morgan fingerprint density at radius 1 is 0.906 bits per heavy atom. The molecule has 0 aliphatic heterocycles. The summed E-state index contributed by atoms with van der Waals surface area (Å²) in [6.07, 6.45) is 0.819. The molecule has 3 aromatic carbocycles. The van der Waals surface area contributed by atoms with E-state index in [0.717, 1.165) is 29.2 Å². The van der Waals surface area contributed by atoms with E-state index in [1.54, 1.807) is 12.1 Å². The van der Waals surface area contributed by atoms with Gasteiger partial charge in [-0.3, -0.25) is 24.5 Å². The number of nitrogens with zero attached hydrogens (tertiary/aromatic N) is 1. The summed E-state index contributed by atoms with van der Waals surface area (Å²) >= 11 is 0. The number of ketones is 1. The number of ether oxygens (including phenoxy) is 1. The van der Waals surface area contributed by atoms with Crippen molar-refractivity contribution in [3.8, 4) is 11.1 Å². The smallest absolute Gasteiger partial charge is 0.325 e. The molecular weight excluding hydrogens is 412 g/mol. The Bertz CT molecular complexity index is 1250. The van der Waals surface area contributed by atoms with Gasteiger partial charge in [-0.1, -0.05) is 42.5 Å². The van der Waals surface area contributed by atoms with Gasteiger partial charge in [-0.25, -0.2) is 0 Å². The predicted molar refractivity (Wildman–Crippen MR) is 115 cm³/mol. The SMILES string of the molecule is O=C(CNC(=O)c1cccc([N+](=O)[O-])c1)OCC(=O)c1ccc2c(c1)-c1ccccc1C2. The second-order valence-corrected chi connectivity index (χ2v) is 7.28. The molecule has 0 atom stereocenters. The number of carbonyl (C=O) groups is 3. The van der Waals surface area contributed by atoms with Crippen LogP contribution in [-0.2, 0) is 16.0 Å². The van der Waals surface area contributed by atoms with Crippen LogP contribution in [0.5, 0.6) is 0 Å². The molecule has 0 saturated heterocycles. The molecule has 1 aliphatic rings. The second-order valence-electron chi connectivity index (χ2n) is 7.28. The van der Waals surface area contributed by atoms with Crippen molar-refractivity contribution in [2.24, 2.45) is 0 Å². The second kappa shape index (κ2) is 8.81. The van der Waals surface area contributed by atoms with Gasteiger partial charge in [0.2, 0.25) is 0 Å². The molecule has 3 aromatic rings. The number of fused-ring (bicyclic) bond motifs is 3. The zero-order valence-corrected chi connectivity index (χ0v) is 16.9. The monoisotopic (exact) mass is 430 g/mol. The molecule has 4 rings (SSSR count). The molecule has 8 heteroatoms. The molecule has 0 heterocycles. The summed E-state index contributed by atoms with van der Waals surface area (Å²) < 4.78 is 4.98. The Kier molecular flexibility index (Phi) is 5.76. The maximum Gasteiger partial charge on any atom is 0.325 e. The van der Waals surface area contributed by atoms with Crippen LogP contribution in [0.2, 0.25) is 0 Å². The molecule has 0 bridgehead atoms. The number of Topliss-reactive ketones (excluding diaryl/α,β-unsaturated/α-hetero) is 1. The number of amides is 1. The van der Waals surface area contributed by atoms with Gasteiger partial charge in [0.05, 0.1) is 4.92 Å². The van der Waals surface area contributed by atoms with Gasteiger partial charge in [0.15, 0.2) is 12.4 Å². The van der Waals surface area contributed by atoms with Gasteiger partial charge < -0.3 is 10.1 Å². The minimum absolute atomic E-state index is 0.0431. The molecule has 0 fully saturated rings. The van der Waals surface area contributed by atoms with Gasteiger partial charge in [0.1, 0.15) is 6.54 Å². The van der Waals surface area contributed by atoms with E-state index in [2.05, 4.69) is 11.4 Å². The maximum atomic E-state index is 12.5. The summed E-state index contributed by atoms with van der Waals surface area (Å²) in [5.74, 6) is -1.80. The average Bonchev–Trinajstić information content (AvgIpc) is 3.19. The number of nitro groups is 1. The number of carbonyl (C=O) groups excluding carboxylic acids is 3. The number of esters is 1.